The lowest BCUT2D eigenvalue weighted by Crippen LogP contribution is -2.26. The maximum atomic E-state index is 5.23. The van der Waals surface area contributed by atoms with E-state index in [1.54, 1.807) is 6.08 Å². The van der Waals surface area contributed by atoms with Crippen molar-refractivity contribution < 1.29 is 0 Å². The normalized spacial score (nSPS) is 9.17. The molecule has 2 aromatic rings. The van der Waals surface area contributed by atoms with Gasteiger partial charge in [0.15, 0.2) is 0 Å². The molecular weight excluding hydrogens is 256 g/mol. The Balaban J connectivity index is 0.000000280. The Morgan fingerprint density at radius 1 is 0.889 bits per heavy atom. The molecule has 94 valence electrons. The van der Waals surface area contributed by atoms with Crippen LogP contribution in [-0.2, 0) is 0 Å². The summed E-state index contributed by atoms with van der Waals surface area (Å²) in [4.78, 5) is 0. The average Bonchev–Trinajstić information content (AvgIpc) is 2.43. The lowest BCUT2D eigenvalue weighted by Gasteiger charge is -1.99. The lowest BCUT2D eigenvalue weighted by molar-refractivity contribution is 1.24. The zero-order valence-electron chi connectivity index (χ0n) is 10.6. The van der Waals surface area contributed by atoms with Gasteiger partial charge in [0.2, 0.25) is 0 Å². The Morgan fingerprint density at radius 3 is 1.61 bits per heavy atom. The van der Waals surface area contributed by atoms with Crippen LogP contribution in [0.4, 0.5) is 0 Å². The van der Waals surface area contributed by atoms with Crippen molar-refractivity contribution >= 4 is 31.5 Å². The van der Waals surface area contributed by atoms with E-state index >= 15 is 0 Å². The van der Waals surface area contributed by atoms with Crippen molar-refractivity contribution in [3.63, 3.8) is 0 Å². The SMILES string of the molecule is C=CCCCl.c1ccc([SiH2]c2ccccc2)cc1. The van der Waals surface area contributed by atoms with E-state index in [2.05, 4.69) is 67.2 Å². The Labute approximate surface area is 117 Å². The van der Waals surface area contributed by atoms with E-state index in [9.17, 15) is 0 Å². The molecule has 0 aliphatic heterocycles. The zero-order valence-corrected chi connectivity index (χ0v) is 12.7. The second kappa shape index (κ2) is 9.69. The number of benzene rings is 2. The molecule has 0 unspecified atom stereocenters. The minimum atomic E-state index is -0.234. The largest absolute Gasteiger partial charge is 0.126 e. The van der Waals surface area contributed by atoms with Crippen LogP contribution < -0.4 is 10.4 Å². The molecule has 0 aliphatic carbocycles. The van der Waals surface area contributed by atoms with Crippen molar-refractivity contribution in [2.24, 2.45) is 0 Å². The standard InChI is InChI=1S/C12H12Si.C4H7Cl/c1-3-7-11(8-4-1)13-12-9-5-2-6-10-12;1-2-3-4-5/h1-10H,13H2;2H,1,3-4H2. The average molecular weight is 275 g/mol. The molecule has 0 heterocycles. The fourth-order valence-electron chi connectivity index (χ4n) is 1.50. The molecule has 2 rings (SSSR count). The van der Waals surface area contributed by atoms with Gasteiger partial charge < -0.3 is 0 Å². The van der Waals surface area contributed by atoms with Crippen LogP contribution in [0.3, 0.4) is 0 Å². The Morgan fingerprint density at radius 2 is 1.33 bits per heavy atom. The molecule has 18 heavy (non-hydrogen) atoms. The molecule has 0 amide bonds. The van der Waals surface area contributed by atoms with Crippen molar-refractivity contribution in [3.8, 4) is 0 Å². The van der Waals surface area contributed by atoms with E-state index in [1.807, 2.05) is 0 Å². The fourth-order valence-corrected chi connectivity index (χ4v) is 3.15. The molecule has 0 N–H and O–H groups in total. The van der Waals surface area contributed by atoms with Crippen molar-refractivity contribution in [1.29, 1.82) is 0 Å². The summed E-state index contributed by atoms with van der Waals surface area (Å²) < 4.78 is 0. The van der Waals surface area contributed by atoms with E-state index in [4.69, 9.17) is 11.6 Å². The van der Waals surface area contributed by atoms with E-state index in [0.717, 1.165) is 6.42 Å². The molecule has 0 atom stereocenters. The molecule has 0 saturated heterocycles. The predicted octanol–water partition coefficient (Wildman–Crippen LogP) is 2.61. The third-order valence-electron chi connectivity index (χ3n) is 2.41. The van der Waals surface area contributed by atoms with Crippen LogP contribution in [0.15, 0.2) is 73.3 Å². The van der Waals surface area contributed by atoms with Crippen molar-refractivity contribution in [2.75, 3.05) is 5.88 Å². The predicted molar refractivity (Wildman–Crippen MR) is 86.2 cm³/mol. The summed E-state index contributed by atoms with van der Waals surface area (Å²) in [6.45, 7) is 3.47. The number of halogens is 1. The van der Waals surface area contributed by atoms with Gasteiger partial charge in [-0.15, -0.1) is 18.2 Å². The van der Waals surface area contributed by atoms with Gasteiger partial charge in [0.05, 0.1) is 9.52 Å². The highest BCUT2D eigenvalue weighted by molar-refractivity contribution is 6.67. The summed E-state index contributed by atoms with van der Waals surface area (Å²) >= 11 is 5.23. The summed E-state index contributed by atoms with van der Waals surface area (Å²) in [5.41, 5.74) is 0. The fraction of sp³-hybridized carbons (Fsp3) is 0.125. The number of allylic oxidation sites excluding steroid dienone is 1. The van der Waals surface area contributed by atoms with E-state index in [0.29, 0.717) is 5.88 Å². The first kappa shape index (κ1) is 14.7. The third kappa shape index (κ3) is 6.43. The topological polar surface area (TPSA) is 0 Å². The van der Waals surface area contributed by atoms with E-state index in [1.165, 1.54) is 10.4 Å². The Hall–Kier alpha value is -1.31. The third-order valence-corrected chi connectivity index (χ3v) is 4.38. The lowest BCUT2D eigenvalue weighted by atomic mass is 10.4. The highest BCUT2D eigenvalue weighted by atomic mass is 35.5. The Bertz CT molecular complexity index is 388. The summed E-state index contributed by atoms with van der Waals surface area (Å²) in [5.74, 6) is 0.698. The molecule has 0 aromatic heterocycles. The molecular formula is C16H19ClSi. The van der Waals surface area contributed by atoms with Gasteiger partial charge in [-0.2, -0.15) is 0 Å². The van der Waals surface area contributed by atoms with Gasteiger partial charge in [-0.3, -0.25) is 0 Å². The molecule has 0 bridgehead atoms. The quantitative estimate of drug-likeness (QED) is 0.457. The highest BCUT2D eigenvalue weighted by Crippen LogP contribution is 1.84. The first-order valence-corrected chi connectivity index (χ1v) is 8.06. The van der Waals surface area contributed by atoms with Crippen LogP contribution in [0.25, 0.3) is 0 Å². The molecule has 2 heteroatoms. The molecule has 0 fully saturated rings. The number of hydrogen-bond donors (Lipinski definition) is 0. The van der Waals surface area contributed by atoms with E-state index in [-0.39, 0.29) is 9.52 Å². The minimum Gasteiger partial charge on any atom is -0.126 e. The van der Waals surface area contributed by atoms with Gasteiger partial charge >= 0.3 is 0 Å². The smallest absolute Gasteiger partial charge is 0.0875 e. The highest BCUT2D eigenvalue weighted by Gasteiger charge is 1.93. The van der Waals surface area contributed by atoms with Gasteiger partial charge in [0, 0.05) is 5.88 Å². The van der Waals surface area contributed by atoms with Gasteiger partial charge in [-0.05, 0) is 6.42 Å². The van der Waals surface area contributed by atoms with Crippen LogP contribution in [0, 0.1) is 0 Å². The van der Waals surface area contributed by atoms with Crippen molar-refractivity contribution in [1.82, 2.24) is 0 Å². The van der Waals surface area contributed by atoms with Crippen LogP contribution in [-0.4, -0.2) is 15.4 Å². The summed E-state index contributed by atoms with van der Waals surface area (Å²) in [5, 5.41) is 3.02. The van der Waals surface area contributed by atoms with Gasteiger partial charge in [-0.1, -0.05) is 77.1 Å². The van der Waals surface area contributed by atoms with Crippen LogP contribution >= 0.6 is 11.6 Å². The number of rotatable bonds is 4. The summed E-state index contributed by atoms with van der Waals surface area (Å²) in [6.07, 6.45) is 2.72. The van der Waals surface area contributed by atoms with Gasteiger partial charge in [0.25, 0.3) is 0 Å². The monoisotopic (exact) mass is 274 g/mol. The molecule has 0 aliphatic rings. The van der Waals surface area contributed by atoms with Gasteiger partial charge in [-0.25, -0.2) is 0 Å². The number of alkyl halides is 1. The molecule has 0 saturated carbocycles. The second-order valence-electron chi connectivity index (χ2n) is 3.91. The molecule has 2 aromatic carbocycles. The van der Waals surface area contributed by atoms with Gasteiger partial charge in [0.1, 0.15) is 0 Å². The van der Waals surface area contributed by atoms with Crippen LogP contribution in [0.1, 0.15) is 6.42 Å². The summed E-state index contributed by atoms with van der Waals surface area (Å²) in [6, 6.07) is 21.5. The first-order valence-electron chi connectivity index (χ1n) is 6.11. The van der Waals surface area contributed by atoms with Crippen LogP contribution in [0.2, 0.25) is 0 Å². The maximum Gasteiger partial charge on any atom is 0.0875 e. The minimum absolute atomic E-state index is 0.234. The molecule has 0 spiro atoms. The van der Waals surface area contributed by atoms with Crippen molar-refractivity contribution in [3.05, 3.63) is 73.3 Å². The molecule has 0 nitrogen and oxygen atoms in total. The second-order valence-corrected chi connectivity index (χ2v) is 6.28. The Kier molecular flexibility index (Phi) is 7.94. The zero-order chi connectivity index (χ0) is 13.1. The van der Waals surface area contributed by atoms with E-state index < -0.39 is 0 Å². The van der Waals surface area contributed by atoms with Crippen LogP contribution in [0.5, 0.6) is 0 Å². The van der Waals surface area contributed by atoms with Crippen molar-refractivity contribution in [2.45, 2.75) is 6.42 Å². The number of hydrogen-bond acceptors (Lipinski definition) is 0. The summed E-state index contributed by atoms with van der Waals surface area (Å²) in [7, 11) is -0.234. The molecule has 0 radical (unpaired) electrons. The first-order chi connectivity index (χ1) is 8.86. The maximum absolute atomic E-state index is 5.23.